The second-order valence-electron chi connectivity index (χ2n) is 7.75. The predicted molar refractivity (Wildman–Crippen MR) is 134 cm³/mol. The largest absolute Gasteiger partial charge is 0.213 e. The Morgan fingerprint density at radius 3 is 2.16 bits per heavy atom. The minimum absolute atomic E-state index is 0.696. The second kappa shape index (κ2) is 7.66. The van der Waals surface area contributed by atoms with E-state index in [4.69, 9.17) is 9.97 Å². The van der Waals surface area contributed by atoms with Crippen LogP contribution in [0.1, 0.15) is 5.82 Å². The molecule has 0 unspecified atom stereocenters. The van der Waals surface area contributed by atoms with E-state index in [1.165, 1.54) is 25.7 Å². The Morgan fingerprint density at radius 1 is 0.562 bits per heavy atom. The van der Waals surface area contributed by atoms with Gasteiger partial charge >= 0.3 is 0 Å². The van der Waals surface area contributed by atoms with E-state index in [1.807, 2.05) is 13.0 Å². The molecule has 6 aromatic rings. The lowest BCUT2D eigenvalue weighted by atomic mass is 10.0. The molecular weight excluding hydrogens is 410 g/mol. The molecule has 4 heteroatoms. The predicted octanol–water partition coefficient (Wildman–Crippen LogP) is 7.55. The molecule has 0 N–H and O–H groups in total. The molecule has 0 aliphatic carbocycles. The Balaban J connectivity index is 1.53. The van der Waals surface area contributed by atoms with Gasteiger partial charge in [-0.1, -0.05) is 78.9 Å². The van der Waals surface area contributed by atoms with Crippen molar-refractivity contribution in [3.63, 3.8) is 0 Å². The zero-order valence-corrected chi connectivity index (χ0v) is 18.3. The first-order valence-electron chi connectivity index (χ1n) is 10.6. The zero-order valence-electron chi connectivity index (χ0n) is 17.5. The average molecular weight is 430 g/mol. The Bertz CT molecular complexity index is 1590. The fraction of sp³-hybridized carbons (Fsp3) is 0.0357. The summed E-state index contributed by atoms with van der Waals surface area (Å²) in [6.07, 6.45) is 0. The van der Waals surface area contributed by atoms with E-state index in [2.05, 4.69) is 96.0 Å². The molecule has 2 aromatic heterocycles. The van der Waals surface area contributed by atoms with Gasteiger partial charge in [0, 0.05) is 31.3 Å². The van der Waals surface area contributed by atoms with Crippen LogP contribution in [0, 0.1) is 6.92 Å². The highest BCUT2D eigenvalue weighted by Gasteiger charge is 2.15. The summed E-state index contributed by atoms with van der Waals surface area (Å²) in [5.74, 6) is 2.13. The lowest BCUT2D eigenvalue weighted by molar-refractivity contribution is 0.993. The van der Waals surface area contributed by atoms with Crippen LogP contribution in [-0.4, -0.2) is 15.0 Å². The summed E-state index contributed by atoms with van der Waals surface area (Å²) in [5.41, 5.74) is 4.36. The summed E-state index contributed by atoms with van der Waals surface area (Å²) in [6.45, 7) is 1.93. The third-order valence-electron chi connectivity index (χ3n) is 5.62. The molecule has 2 heterocycles. The van der Waals surface area contributed by atoms with Crippen molar-refractivity contribution in [1.29, 1.82) is 0 Å². The number of aromatic nitrogens is 3. The summed E-state index contributed by atoms with van der Waals surface area (Å²) < 4.78 is 2.52. The van der Waals surface area contributed by atoms with Crippen molar-refractivity contribution in [1.82, 2.24) is 15.0 Å². The quantitative estimate of drug-likeness (QED) is 0.291. The Kier molecular flexibility index (Phi) is 4.51. The van der Waals surface area contributed by atoms with Gasteiger partial charge in [-0.2, -0.15) is 0 Å². The molecule has 0 bridgehead atoms. The van der Waals surface area contributed by atoms with Crippen molar-refractivity contribution < 1.29 is 0 Å². The molecule has 0 aliphatic rings. The number of hydrogen-bond acceptors (Lipinski definition) is 4. The molecule has 3 nitrogen and oxygen atoms in total. The zero-order chi connectivity index (χ0) is 21.5. The third kappa shape index (κ3) is 3.26. The smallest absolute Gasteiger partial charge is 0.164 e. The molecule has 0 radical (unpaired) electrons. The van der Waals surface area contributed by atoms with Crippen LogP contribution in [0.25, 0.3) is 54.1 Å². The topological polar surface area (TPSA) is 38.7 Å². The monoisotopic (exact) mass is 429 g/mol. The summed E-state index contributed by atoms with van der Waals surface area (Å²) in [4.78, 5) is 14.3. The minimum Gasteiger partial charge on any atom is -0.213 e. The maximum atomic E-state index is 4.93. The number of aryl methyl sites for hydroxylation is 1. The molecule has 0 spiro atoms. The molecular formula is C28H19N3S. The molecule has 0 saturated heterocycles. The Labute approximate surface area is 190 Å². The SMILES string of the molecule is Cc1nc(-c2cccc(-c3ccccc3)c2)nc(-c2cccc3sc4ccccc4c23)n1. The molecule has 0 saturated carbocycles. The highest BCUT2D eigenvalue weighted by molar-refractivity contribution is 7.25. The fourth-order valence-electron chi connectivity index (χ4n) is 4.16. The molecule has 152 valence electrons. The number of hydrogen-bond donors (Lipinski definition) is 0. The maximum absolute atomic E-state index is 4.93. The first-order valence-corrected chi connectivity index (χ1v) is 11.4. The van der Waals surface area contributed by atoms with Crippen LogP contribution in [0.4, 0.5) is 0 Å². The number of nitrogens with zero attached hydrogens (tertiary/aromatic N) is 3. The molecule has 0 amide bonds. The number of benzene rings is 4. The van der Waals surface area contributed by atoms with E-state index in [1.54, 1.807) is 11.3 Å². The van der Waals surface area contributed by atoms with Gasteiger partial charge in [-0.3, -0.25) is 0 Å². The molecule has 32 heavy (non-hydrogen) atoms. The van der Waals surface area contributed by atoms with E-state index in [9.17, 15) is 0 Å². The van der Waals surface area contributed by atoms with Crippen molar-refractivity contribution in [3.05, 3.63) is 103 Å². The van der Waals surface area contributed by atoms with Crippen LogP contribution in [0.3, 0.4) is 0 Å². The fourth-order valence-corrected chi connectivity index (χ4v) is 5.29. The third-order valence-corrected chi connectivity index (χ3v) is 6.75. The van der Waals surface area contributed by atoms with Crippen LogP contribution in [0.2, 0.25) is 0 Å². The highest BCUT2D eigenvalue weighted by Crippen LogP contribution is 2.39. The van der Waals surface area contributed by atoms with Crippen molar-refractivity contribution in [2.45, 2.75) is 6.92 Å². The summed E-state index contributed by atoms with van der Waals surface area (Å²) in [6, 6.07) is 33.6. The molecule has 6 rings (SSSR count). The van der Waals surface area contributed by atoms with Crippen molar-refractivity contribution in [2.24, 2.45) is 0 Å². The minimum atomic E-state index is 0.696. The Hall–Kier alpha value is -3.89. The van der Waals surface area contributed by atoms with E-state index in [-0.39, 0.29) is 0 Å². The van der Waals surface area contributed by atoms with Crippen LogP contribution < -0.4 is 0 Å². The molecule has 0 fully saturated rings. The van der Waals surface area contributed by atoms with Gasteiger partial charge in [0.25, 0.3) is 0 Å². The number of fused-ring (bicyclic) bond motifs is 3. The molecule has 4 aromatic carbocycles. The van der Waals surface area contributed by atoms with Crippen molar-refractivity contribution >= 4 is 31.5 Å². The second-order valence-corrected chi connectivity index (χ2v) is 8.84. The normalized spacial score (nSPS) is 11.3. The summed E-state index contributed by atoms with van der Waals surface area (Å²) in [5, 5.41) is 2.46. The van der Waals surface area contributed by atoms with E-state index >= 15 is 0 Å². The van der Waals surface area contributed by atoms with Crippen LogP contribution >= 0.6 is 11.3 Å². The van der Waals surface area contributed by atoms with Gasteiger partial charge in [0.15, 0.2) is 11.6 Å². The Morgan fingerprint density at radius 2 is 1.25 bits per heavy atom. The van der Waals surface area contributed by atoms with E-state index in [0.29, 0.717) is 17.5 Å². The van der Waals surface area contributed by atoms with Crippen LogP contribution in [-0.2, 0) is 0 Å². The van der Waals surface area contributed by atoms with Gasteiger partial charge < -0.3 is 0 Å². The highest BCUT2D eigenvalue weighted by atomic mass is 32.1. The number of thiophene rings is 1. The van der Waals surface area contributed by atoms with Gasteiger partial charge in [0.05, 0.1) is 0 Å². The first kappa shape index (κ1) is 18.8. The van der Waals surface area contributed by atoms with Gasteiger partial charge in [-0.15, -0.1) is 11.3 Å². The first-order chi connectivity index (χ1) is 15.8. The molecule has 0 atom stereocenters. The van der Waals surface area contributed by atoms with Gasteiger partial charge in [-0.25, -0.2) is 15.0 Å². The summed E-state index contributed by atoms with van der Waals surface area (Å²) >= 11 is 1.80. The maximum Gasteiger partial charge on any atom is 0.164 e. The lowest BCUT2D eigenvalue weighted by Crippen LogP contribution is -2.00. The van der Waals surface area contributed by atoms with Crippen molar-refractivity contribution in [2.75, 3.05) is 0 Å². The standard InChI is InChI=1S/C28H19N3S/c1-18-29-27(21-12-7-11-20(17-21)19-9-3-2-4-10-19)31-28(30-18)23-14-8-16-25-26(23)22-13-5-6-15-24(22)32-25/h2-17H,1H3. The van der Waals surface area contributed by atoms with Crippen molar-refractivity contribution in [3.8, 4) is 33.9 Å². The van der Waals surface area contributed by atoms with E-state index < -0.39 is 0 Å². The summed E-state index contributed by atoms with van der Waals surface area (Å²) in [7, 11) is 0. The van der Waals surface area contributed by atoms with Gasteiger partial charge in [0.1, 0.15) is 5.82 Å². The lowest BCUT2D eigenvalue weighted by Gasteiger charge is -2.09. The van der Waals surface area contributed by atoms with E-state index in [0.717, 1.165) is 16.7 Å². The van der Waals surface area contributed by atoms with Crippen LogP contribution in [0.5, 0.6) is 0 Å². The molecule has 0 aliphatic heterocycles. The van der Waals surface area contributed by atoms with Gasteiger partial charge in [0.2, 0.25) is 0 Å². The average Bonchev–Trinajstić information content (AvgIpc) is 3.23. The van der Waals surface area contributed by atoms with Crippen LogP contribution in [0.15, 0.2) is 97.1 Å². The van der Waals surface area contributed by atoms with Gasteiger partial charge in [-0.05, 0) is 36.2 Å². The number of rotatable bonds is 3.